The van der Waals surface area contributed by atoms with E-state index < -0.39 is 11.7 Å². The first kappa shape index (κ1) is 17.8. The molecule has 0 heterocycles. The maximum Gasteiger partial charge on any atom is 0.416 e. The van der Waals surface area contributed by atoms with E-state index >= 15 is 0 Å². The van der Waals surface area contributed by atoms with Crippen molar-refractivity contribution in [2.75, 3.05) is 6.61 Å². The average molecular weight is 337 g/mol. The van der Waals surface area contributed by atoms with E-state index in [0.717, 1.165) is 17.7 Å². The zero-order valence-electron chi connectivity index (χ0n) is 13.1. The molecule has 0 saturated heterocycles. The molecule has 0 aliphatic carbocycles. The molecule has 2 aromatic rings. The van der Waals surface area contributed by atoms with Crippen LogP contribution in [0, 0.1) is 0 Å². The molecule has 2 rings (SSSR count). The number of halogens is 3. The lowest BCUT2D eigenvalue weighted by Gasteiger charge is -2.17. The van der Waals surface area contributed by atoms with Crippen LogP contribution in [0.1, 0.15) is 30.5 Å². The van der Waals surface area contributed by atoms with Gasteiger partial charge in [-0.05, 0) is 30.2 Å². The first-order valence-electron chi connectivity index (χ1n) is 7.54. The number of ether oxygens (including phenoxy) is 1. The van der Waals surface area contributed by atoms with Crippen LogP contribution >= 0.6 is 0 Å². The number of hydrogen-bond donors (Lipinski definition) is 1. The summed E-state index contributed by atoms with van der Waals surface area (Å²) in [5, 5.41) is 2.81. The van der Waals surface area contributed by atoms with Gasteiger partial charge in [0.05, 0.1) is 11.6 Å². The van der Waals surface area contributed by atoms with Crippen molar-refractivity contribution in [3.05, 3.63) is 65.7 Å². The monoisotopic (exact) mass is 337 g/mol. The van der Waals surface area contributed by atoms with Gasteiger partial charge in [-0.25, -0.2) is 0 Å². The minimum absolute atomic E-state index is 0.00716. The molecule has 0 fully saturated rings. The average Bonchev–Trinajstić information content (AvgIpc) is 2.58. The van der Waals surface area contributed by atoms with Crippen LogP contribution in [0.15, 0.2) is 54.6 Å². The Morgan fingerprint density at radius 3 is 2.46 bits per heavy atom. The summed E-state index contributed by atoms with van der Waals surface area (Å²) in [4.78, 5) is 12.0. The lowest BCUT2D eigenvalue weighted by Crippen LogP contribution is -2.32. The molecule has 0 aliphatic rings. The molecule has 0 saturated carbocycles. The molecule has 0 aromatic heterocycles. The van der Waals surface area contributed by atoms with Gasteiger partial charge in [0, 0.05) is 0 Å². The molecule has 6 heteroatoms. The Labute approximate surface area is 138 Å². The lowest BCUT2D eigenvalue weighted by molar-refractivity contribution is -0.137. The van der Waals surface area contributed by atoms with Crippen LogP contribution in [-0.4, -0.2) is 12.5 Å². The number of benzene rings is 2. The van der Waals surface area contributed by atoms with Gasteiger partial charge in [-0.1, -0.05) is 43.3 Å². The molecule has 2 aromatic carbocycles. The Kier molecular flexibility index (Phi) is 5.84. The number of rotatable bonds is 6. The van der Waals surface area contributed by atoms with Crippen LogP contribution in [0.2, 0.25) is 0 Å². The van der Waals surface area contributed by atoms with E-state index in [2.05, 4.69) is 5.32 Å². The van der Waals surface area contributed by atoms with E-state index in [1.807, 2.05) is 37.3 Å². The summed E-state index contributed by atoms with van der Waals surface area (Å²) in [5.74, 6) is -0.379. The number of carbonyl (C=O) groups is 1. The van der Waals surface area contributed by atoms with Gasteiger partial charge in [0.2, 0.25) is 0 Å². The molecule has 0 bridgehead atoms. The Balaban J connectivity index is 1.93. The fraction of sp³-hybridized carbons (Fsp3) is 0.278. The molecule has 1 N–H and O–H groups in total. The van der Waals surface area contributed by atoms with Crippen LogP contribution < -0.4 is 10.1 Å². The van der Waals surface area contributed by atoms with Crippen molar-refractivity contribution in [3.63, 3.8) is 0 Å². The molecule has 0 radical (unpaired) electrons. The highest BCUT2D eigenvalue weighted by atomic mass is 19.4. The van der Waals surface area contributed by atoms with Crippen molar-refractivity contribution in [2.45, 2.75) is 25.6 Å². The number of hydrogen-bond acceptors (Lipinski definition) is 2. The molecule has 3 nitrogen and oxygen atoms in total. The normalized spacial score (nSPS) is 12.5. The minimum Gasteiger partial charge on any atom is -0.484 e. The van der Waals surface area contributed by atoms with Gasteiger partial charge in [-0.15, -0.1) is 0 Å². The van der Waals surface area contributed by atoms with Crippen LogP contribution in [0.25, 0.3) is 0 Å². The third-order valence-electron chi connectivity index (χ3n) is 3.48. The quantitative estimate of drug-likeness (QED) is 0.851. The highest BCUT2D eigenvalue weighted by molar-refractivity contribution is 5.78. The van der Waals surface area contributed by atoms with Crippen LogP contribution in [-0.2, 0) is 11.0 Å². The van der Waals surface area contributed by atoms with Gasteiger partial charge >= 0.3 is 6.18 Å². The fourth-order valence-electron chi connectivity index (χ4n) is 2.25. The Morgan fingerprint density at radius 1 is 1.12 bits per heavy atom. The van der Waals surface area contributed by atoms with E-state index in [1.165, 1.54) is 12.1 Å². The minimum atomic E-state index is -4.44. The number of amides is 1. The molecule has 24 heavy (non-hydrogen) atoms. The van der Waals surface area contributed by atoms with Crippen molar-refractivity contribution >= 4 is 5.91 Å². The maximum absolute atomic E-state index is 12.6. The first-order valence-corrected chi connectivity index (χ1v) is 7.54. The fourth-order valence-corrected chi connectivity index (χ4v) is 2.25. The van der Waals surface area contributed by atoms with Crippen molar-refractivity contribution in [2.24, 2.45) is 0 Å². The van der Waals surface area contributed by atoms with Gasteiger partial charge in [-0.2, -0.15) is 13.2 Å². The molecule has 128 valence electrons. The molecule has 1 amide bonds. The highest BCUT2D eigenvalue weighted by Gasteiger charge is 2.30. The Bertz CT molecular complexity index is 671. The second-order valence-electron chi connectivity index (χ2n) is 5.25. The third kappa shape index (κ3) is 5.01. The van der Waals surface area contributed by atoms with Gasteiger partial charge < -0.3 is 10.1 Å². The van der Waals surface area contributed by atoms with E-state index in [0.29, 0.717) is 6.42 Å². The lowest BCUT2D eigenvalue weighted by atomic mass is 10.0. The second kappa shape index (κ2) is 7.86. The molecular formula is C18H18F3NO2. The summed E-state index contributed by atoms with van der Waals surface area (Å²) < 4.78 is 43.1. The summed E-state index contributed by atoms with van der Waals surface area (Å²) in [5.41, 5.74) is 0.156. The Hall–Kier alpha value is -2.50. The van der Waals surface area contributed by atoms with Gasteiger partial charge in [0.15, 0.2) is 6.61 Å². The smallest absolute Gasteiger partial charge is 0.416 e. The maximum atomic E-state index is 12.6. The van der Waals surface area contributed by atoms with Crippen LogP contribution in [0.4, 0.5) is 13.2 Å². The standard InChI is InChI=1S/C18H18F3NO2/c1-2-16(13-7-4-3-5-8-13)22-17(23)12-24-15-10-6-9-14(11-15)18(19,20)21/h3-11,16H,2,12H2,1H3,(H,22,23). The summed E-state index contributed by atoms with van der Waals surface area (Å²) >= 11 is 0. The molecular weight excluding hydrogens is 319 g/mol. The van der Waals surface area contributed by atoms with E-state index in [4.69, 9.17) is 4.74 Å². The van der Waals surface area contributed by atoms with Gasteiger partial charge in [0.25, 0.3) is 5.91 Å². The third-order valence-corrected chi connectivity index (χ3v) is 3.48. The topological polar surface area (TPSA) is 38.3 Å². The van der Waals surface area contributed by atoms with Crippen LogP contribution in [0.5, 0.6) is 5.75 Å². The SMILES string of the molecule is CCC(NC(=O)COc1cccc(C(F)(F)F)c1)c1ccccc1. The zero-order valence-corrected chi connectivity index (χ0v) is 13.1. The number of nitrogens with one attached hydrogen (secondary N) is 1. The highest BCUT2D eigenvalue weighted by Crippen LogP contribution is 2.31. The number of carbonyl (C=O) groups excluding carboxylic acids is 1. The second-order valence-corrected chi connectivity index (χ2v) is 5.25. The summed E-state index contributed by atoms with van der Waals surface area (Å²) in [6.07, 6.45) is -3.75. The summed E-state index contributed by atoms with van der Waals surface area (Å²) in [7, 11) is 0. The van der Waals surface area contributed by atoms with Gasteiger partial charge in [0.1, 0.15) is 5.75 Å². The predicted octanol–water partition coefficient (Wildman–Crippen LogP) is 4.35. The zero-order chi connectivity index (χ0) is 17.6. The van der Waals surface area contributed by atoms with Crippen molar-refractivity contribution < 1.29 is 22.7 Å². The van der Waals surface area contributed by atoms with Gasteiger partial charge in [-0.3, -0.25) is 4.79 Å². The van der Waals surface area contributed by atoms with Crippen molar-refractivity contribution in [1.82, 2.24) is 5.32 Å². The van der Waals surface area contributed by atoms with E-state index in [1.54, 1.807) is 0 Å². The summed E-state index contributed by atoms with van der Waals surface area (Å²) in [6.45, 7) is 1.59. The van der Waals surface area contributed by atoms with Crippen molar-refractivity contribution in [3.8, 4) is 5.75 Å². The van der Waals surface area contributed by atoms with E-state index in [-0.39, 0.29) is 24.3 Å². The summed E-state index contributed by atoms with van der Waals surface area (Å²) in [6, 6.07) is 13.7. The molecule has 1 atom stereocenters. The van der Waals surface area contributed by atoms with E-state index in [9.17, 15) is 18.0 Å². The first-order chi connectivity index (χ1) is 11.4. The number of alkyl halides is 3. The largest absolute Gasteiger partial charge is 0.484 e. The Morgan fingerprint density at radius 2 is 1.83 bits per heavy atom. The molecule has 0 aliphatic heterocycles. The van der Waals surface area contributed by atoms with Crippen LogP contribution in [0.3, 0.4) is 0 Å². The van der Waals surface area contributed by atoms with Crippen molar-refractivity contribution in [1.29, 1.82) is 0 Å². The predicted molar refractivity (Wildman–Crippen MR) is 84.6 cm³/mol. The molecule has 1 unspecified atom stereocenters. The molecule has 0 spiro atoms.